The van der Waals surface area contributed by atoms with Crippen molar-refractivity contribution in [3.05, 3.63) is 95.1 Å². The first kappa shape index (κ1) is 58.4. The van der Waals surface area contributed by atoms with Gasteiger partial charge in [0.05, 0.1) is 33.6 Å². The number of rotatable bonds is 16. The van der Waals surface area contributed by atoms with E-state index in [1.54, 1.807) is 44.5 Å². The van der Waals surface area contributed by atoms with Crippen LogP contribution in [0.5, 0.6) is 17.2 Å². The number of aliphatic hydroxyl groups is 1. The van der Waals surface area contributed by atoms with Crippen molar-refractivity contribution in [3.63, 3.8) is 0 Å². The van der Waals surface area contributed by atoms with Crippen LogP contribution >= 0.6 is 61.0 Å². The monoisotopic (exact) mass is 1080 g/mol. The van der Waals surface area contributed by atoms with Crippen molar-refractivity contribution in [1.82, 2.24) is 35.6 Å². The number of alkyl halides is 1. The number of nitrogens with one attached hydrogen (secondary N) is 2. The molecule has 0 unspecified atom stereocenters. The summed E-state index contributed by atoms with van der Waals surface area (Å²) in [4.78, 5) is 51.7. The van der Waals surface area contributed by atoms with Crippen LogP contribution in [0.2, 0.25) is 0 Å². The highest BCUT2D eigenvalue weighted by atomic mass is 35.5. The van der Waals surface area contributed by atoms with Crippen molar-refractivity contribution in [3.8, 4) is 38.9 Å². The van der Waals surface area contributed by atoms with Crippen LogP contribution in [0.3, 0.4) is 0 Å². The van der Waals surface area contributed by atoms with Crippen LogP contribution < -0.4 is 30.7 Å². The van der Waals surface area contributed by atoms with Gasteiger partial charge in [-0.05, 0) is 72.7 Å². The van der Waals surface area contributed by atoms with Gasteiger partial charge < -0.3 is 45.9 Å². The Kier molecular flexibility index (Phi) is 20.5. The number of hydrogen-bond donors (Lipinski definition) is 5. The number of hydrogen-bond acceptors (Lipinski definition) is 14. The number of aromatic hydroxyl groups is 1. The first-order valence-electron chi connectivity index (χ1n) is 22.6. The van der Waals surface area contributed by atoms with Gasteiger partial charge in [-0.3, -0.25) is 19.3 Å². The van der Waals surface area contributed by atoms with Crippen LogP contribution in [0.15, 0.2) is 78.3 Å². The molecule has 71 heavy (non-hydrogen) atoms. The number of phenols is 1. The number of amides is 3. The quantitative estimate of drug-likeness (QED) is 0.0636. The fourth-order valence-corrected chi connectivity index (χ4v) is 9.25. The minimum absolute atomic E-state index is 0. The highest BCUT2D eigenvalue weighted by Crippen LogP contribution is 2.41. The molecule has 1 aliphatic carbocycles. The summed E-state index contributed by atoms with van der Waals surface area (Å²) in [6.45, 7) is 11.6. The number of anilines is 2. The number of ether oxygens (including phenoxy) is 2. The van der Waals surface area contributed by atoms with Crippen LogP contribution in [0.25, 0.3) is 21.7 Å². The van der Waals surface area contributed by atoms with Crippen molar-refractivity contribution in [1.29, 1.82) is 0 Å². The van der Waals surface area contributed by atoms with E-state index in [1.807, 2.05) is 49.4 Å². The van der Waals surface area contributed by atoms with Crippen LogP contribution in [0.4, 0.5) is 15.9 Å². The van der Waals surface area contributed by atoms with Gasteiger partial charge in [0.15, 0.2) is 11.5 Å². The van der Waals surface area contributed by atoms with Crippen LogP contribution in [-0.2, 0) is 27.5 Å². The van der Waals surface area contributed by atoms with E-state index >= 15 is 0 Å². The number of carbonyl (C=O) groups excluding carboxylic acids is 3. The Hall–Kier alpha value is -5.21. The zero-order valence-electron chi connectivity index (χ0n) is 39.8. The molecule has 2 saturated heterocycles. The van der Waals surface area contributed by atoms with E-state index in [-0.39, 0.29) is 101 Å². The number of aliphatic hydroxyl groups excluding tert-OH is 1. The third-order valence-corrected chi connectivity index (χ3v) is 13.5. The molecule has 22 heteroatoms. The molecule has 3 fully saturated rings. The zero-order chi connectivity index (χ0) is 47.5. The number of nitrogens with zero attached hydrogens (tertiary/aromatic N) is 6. The molecule has 16 nitrogen and oxygen atoms in total. The average molecular weight is 1080 g/mol. The Labute approximate surface area is 441 Å². The second kappa shape index (κ2) is 25.0. The van der Waals surface area contributed by atoms with Crippen LogP contribution in [-0.4, -0.2) is 123 Å². The summed E-state index contributed by atoms with van der Waals surface area (Å²) in [6, 6.07) is 20.6. The van der Waals surface area contributed by atoms with E-state index in [9.17, 15) is 29.0 Å². The highest BCUT2D eigenvalue weighted by molar-refractivity contribution is 7.13. The molecule has 0 spiro atoms. The zero-order valence-corrected chi connectivity index (χ0v) is 43.9. The molecule has 6 N–H and O–H groups in total. The number of para-hydroxylation sites is 1. The van der Waals surface area contributed by atoms with Gasteiger partial charge in [0.1, 0.15) is 42.5 Å². The van der Waals surface area contributed by atoms with E-state index in [4.69, 9.17) is 15.2 Å². The maximum absolute atomic E-state index is 14.6. The minimum Gasteiger partial charge on any atom is -0.507 e. The lowest BCUT2D eigenvalue weighted by Gasteiger charge is -2.36. The fraction of sp³-hybridized carbons (Fsp3) is 0.429. The van der Waals surface area contributed by atoms with Crippen molar-refractivity contribution in [2.75, 3.05) is 56.6 Å². The number of halogens is 5. The average Bonchev–Trinajstić information content (AvgIpc) is 3.72. The lowest BCUT2D eigenvalue weighted by molar-refractivity contribution is -0.145. The Morgan fingerprint density at radius 2 is 1.63 bits per heavy atom. The fourth-order valence-electron chi connectivity index (χ4n) is 8.45. The minimum atomic E-state index is -1.98. The van der Waals surface area contributed by atoms with Gasteiger partial charge in [0.2, 0.25) is 11.8 Å². The predicted molar refractivity (Wildman–Crippen MR) is 282 cm³/mol. The molecule has 2 aromatic heterocycles. The summed E-state index contributed by atoms with van der Waals surface area (Å²) in [7, 11) is 0. The lowest BCUT2D eigenvalue weighted by atomic mass is 9.85. The summed E-state index contributed by atoms with van der Waals surface area (Å²) in [5.74, 6) is -0.123. The molecule has 386 valence electrons. The summed E-state index contributed by atoms with van der Waals surface area (Å²) in [6.07, 6.45) is -0.724. The van der Waals surface area contributed by atoms with E-state index < -0.39 is 47.0 Å². The largest absolute Gasteiger partial charge is 0.507 e. The molecule has 8 rings (SSSR count). The van der Waals surface area contributed by atoms with Crippen molar-refractivity contribution in [2.45, 2.75) is 83.9 Å². The van der Waals surface area contributed by atoms with Crippen molar-refractivity contribution >= 4 is 90.2 Å². The molecule has 0 bridgehead atoms. The van der Waals surface area contributed by atoms with Crippen LogP contribution in [0.1, 0.15) is 56.9 Å². The number of thiazole rings is 1. The van der Waals surface area contributed by atoms with Gasteiger partial charge in [0, 0.05) is 63.4 Å². The topological polar surface area (TPSA) is 209 Å². The van der Waals surface area contributed by atoms with Gasteiger partial charge >= 0.3 is 0 Å². The summed E-state index contributed by atoms with van der Waals surface area (Å²) in [5, 5.41) is 34.9. The van der Waals surface area contributed by atoms with E-state index in [2.05, 4.69) is 47.7 Å². The van der Waals surface area contributed by atoms with Gasteiger partial charge in [-0.25, -0.2) is 9.37 Å². The highest BCUT2D eigenvalue weighted by Gasteiger charge is 2.53. The Morgan fingerprint density at radius 1 is 0.944 bits per heavy atom. The molecule has 3 aromatic carbocycles. The Balaban J connectivity index is 0.00000274. The van der Waals surface area contributed by atoms with E-state index in [0.29, 0.717) is 34.1 Å². The first-order chi connectivity index (χ1) is 32.1. The molecular weight excluding hydrogens is 1020 g/mol. The Morgan fingerprint density at radius 3 is 2.28 bits per heavy atom. The number of benzene rings is 3. The second-order valence-electron chi connectivity index (χ2n) is 18.6. The number of nitrogens with two attached hydrogens (primary N) is 1. The third-order valence-electron chi connectivity index (χ3n) is 12.5. The number of phenolic OH excluding ortho intramolecular Hbond substituents is 1. The number of β-amino-alcohol motifs (C(OH)–C–C–N with tert-alkyl or cyclic N) is 1. The Bertz CT molecular complexity index is 2600. The molecule has 4 heterocycles. The smallest absolute Gasteiger partial charge is 0.258 e. The number of aromatic nitrogens is 3. The van der Waals surface area contributed by atoms with Gasteiger partial charge in [0.25, 0.3) is 5.91 Å². The molecule has 5 aromatic rings. The summed E-state index contributed by atoms with van der Waals surface area (Å²) in [5.41, 5.74) is 10.9. The number of likely N-dealkylation sites (tertiary alicyclic amines) is 1. The molecule has 1 saturated carbocycles. The van der Waals surface area contributed by atoms with Gasteiger partial charge in [-0.15, -0.1) is 71.2 Å². The molecule has 0 radical (unpaired) electrons. The number of carbonyl (C=O) groups is 3. The normalized spacial score (nSPS) is 17.5. The predicted octanol–water partition coefficient (Wildman–Crippen LogP) is 6.94. The van der Waals surface area contributed by atoms with Crippen LogP contribution in [0, 0.1) is 12.3 Å². The molecule has 2 aliphatic heterocycles. The molecule has 3 aliphatic rings. The summed E-state index contributed by atoms with van der Waals surface area (Å²) >= 11 is 1.51. The van der Waals surface area contributed by atoms with Crippen molar-refractivity contribution < 1.29 is 38.5 Å². The number of nitrogen functional groups attached to an aromatic ring is 1. The van der Waals surface area contributed by atoms with E-state index in [0.717, 1.165) is 60.1 Å². The van der Waals surface area contributed by atoms with Gasteiger partial charge in [-0.1, -0.05) is 57.2 Å². The molecule has 3 atom stereocenters. The summed E-state index contributed by atoms with van der Waals surface area (Å²) < 4.78 is 27.0. The molecule has 3 amide bonds. The number of piperazine rings is 1. The second-order valence-corrected chi connectivity index (χ2v) is 19.4. The van der Waals surface area contributed by atoms with E-state index in [1.165, 1.54) is 16.2 Å². The lowest BCUT2D eigenvalue weighted by Crippen LogP contribution is -2.59. The first-order valence-corrected chi connectivity index (χ1v) is 23.5. The van der Waals surface area contributed by atoms with Crippen molar-refractivity contribution in [2.24, 2.45) is 5.41 Å². The molecular formula is C49H62Cl4FN9O7S. The maximum Gasteiger partial charge on any atom is 0.258 e. The van der Waals surface area contributed by atoms with Gasteiger partial charge in [-0.2, -0.15) is 0 Å². The standard InChI is InChI=1S/C49H58FN9O7S.4ClH/c1-30-42(67-29-53-30)32-11-12-33(26-52-45(62)39-24-34(60)28-59(39)46(63)43(48(2,3)4)54-47(64)49(50)15-16-49)41(23-32)66-22-21-65-35-13-9-31(10-14-35)27-57-17-19-58(20-18-57)38-25-37(55-56-44(38)51)36-7-5-6-8-40(36)61;;;;/h5-14,23,25,29,34,39,43,60-61H,15-22,24,26-28H2,1-4H3,(H2,51,56)(H,52,62)(H,54,64);4*1H/t34-,39+,43-;;;;/m1..../s1. The number of aryl methyl sites for hydroxylation is 1. The third kappa shape index (κ3) is 14.1. The SMILES string of the molecule is Cc1ncsc1-c1ccc(CNC(=O)[C@@H]2C[C@@H](O)CN2C(=O)[C@@H](NC(=O)C2(F)CC2)C(C)(C)C)c(OCCOc2ccc(CN3CCN(c4cc(-c5ccccc5O)nnc4N)CC3)cc2)c1.Cl.Cl.Cl.Cl. The maximum atomic E-state index is 14.6.